The van der Waals surface area contributed by atoms with E-state index in [0.29, 0.717) is 38.6 Å². The van der Waals surface area contributed by atoms with E-state index in [1.54, 1.807) is 0 Å². The van der Waals surface area contributed by atoms with Gasteiger partial charge in [-0.25, -0.2) is 0 Å². The molecule has 2 heterocycles. The zero-order valence-electron chi connectivity index (χ0n) is 13.1. The highest BCUT2D eigenvalue weighted by atomic mass is 16.6. The third kappa shape index (κ3) is 5.83. The number of rotatable bonds is 13. The third-order valence-corrected chi connectivity index (χ3v) is 4.44. The molecule has 0 bridgehead atoms. The minimum atomic E-state index is -0.0430. The minimum Gasteiger partial charge on any atom is -0.380 e. The van der Waals surface area contributed by atoms with Gasteiger partial charge in [0.05, 0.1) is 46.2 Å². The molecule has 3 fully saturated rings. The van der Waals surface area contributed by atoms with Crippen LogP contribution in [0.25, 0.3) is 0 Å². The molecule has 2 unspecified atom stereocenters. The van der Waals surface area contributed by atoms with Crippen LogP contribution in [0.3, 0.4) is 0 Å². The van der Waals surface area contributed by atoms with Crippen molar-refractivity contribution in [2.75, 3.05) is 52.9 Å². The summed E-state index contributed by atoms with van der Waals surface area (Å²) in [5, 5.41) is 0. The molecule has 3 aliphatic rings. The Bertz CT molecular complexity index is 264. The monoisotopic (exact) mass is 300 g/mol. The first-order valence-corrected chi connectivity index (χ1v) is 8.26. The molecule has 2 atom stereocenters. The summed E-state index contributed by atoms with van der Waals surface area (Å²) in [4.78, 5) is 0. The van der Waals surface area contributed by atoms with E-state index in [4.69, 9.17) is 23.7 Å². The molecule has 0 aromatic carbocycles. The Morgan fingerprint density at radius 1 is 0.857 bits per heavy atom. The van der Waals surface area contributed by atoms with Crippen molar-refractivity contribution in [2.45, 2.75) is 38.4 Å². The molecule has 0 radical (unpaired) electrons. The Morgan fingerprint density at radius 3 is 1.71 bits per heavy atom. The maximum atomic E-state index is 5.94. The summed E-state index contributed by atoms with van der Waals surface area (Å²) in [5.74, 6) is 0.793. The zero-order chi connectivity index (χ0) is 14.5. The lowest BCUT2D eigenvalue weighted by atomic mass is 9.88. The molecule has 3 rings (SSSR count). The molecule has 0 spiro atoms. The summed E-state index contributed by atoms with van der Waals surface area (Å²) in [6, 6.07) is 0. The van der Waals surface area contributed by atoms with Crippen molar-refractivity contribution >= 4 is 0 Å². The SMILES string of the molecule is CCC(COCC1CC1)(COCC1CO1)COCC1CO1. The molecule has 2 saturated heterocycles. The normalized spacial score (nSPS) is 30.1. The fourth-order valence-corrected chi connectivity index (χ4v) is 2.30. The highest BCUT2D eigenvalue weighted by Crippen LogP contribution is 2.31. The van der Waals surface area contributed by atoms with E-state index < -0.39 is 0 Å². The summed E-state index contributed by atoms with van der Waals surface area (Å²) in [5.41, 5.74) is -0.0430. The Kier molecular flexibility index (Phi) is 5.51. The van der Waals surface area contributed by atoms with E-state index in [-0.39, 0.29) is 5.41 Å². The zero-order valence-corrected chi connectivity index (χ0v) is 13.1. The summed E-state index contributed by atoms with van der Waals surface area (Å²) in [7, 11) is 0. The molecular weight excluding hydrogens is 272 g/mol. The van der Waals surface area contributed by atoms with Crippen molar-refractivity contribution < 1.29 is 23.7 Å². The first-order chi connectivity index (χ1) is 10.3. The molecule has 5 heteroatoms. The van der Waals surface area contributed by atoms with Gasteiger partial charge in [-0.2, -0.15) is 0 Å². The topological polar surface area (TPSA) is 52.8 Å². The van der Waals surface area contributed by atoms with Crippen LogP contribution in [0.15, 0.2) is 0 Å². The van der Waals surface area contributed by atoms with Gasteiger partial charge < -0.3 is 23.7 Å². The summed E-state index contributed by atoms with van der Waals surface area (Å²) in [6.07, 6.45) is 4.27. The molecule has 122 valence electrons. The van der Waals surface area contributed by atoms with Crippen LogP contribution in [0, 0.1) is 11.3 Å². The largest absolute Gasteiger partial charge is 0.380 e. The molecule has 0 aromatic rings. The van der Waals surface area contributed by atoms with Crippen LogP contribution in [0.4, 0.5) is 0 Å². The van der Waals surface area contributed by atoms with Gasteiger partial charge >= 0.3 is 0 Å². The molecule has 2 aliphatic heterocycles. The van der Waals surface area contributed by atoms with E-state index >= 15 is 0 Å². The molecule has 1 aliphatic carbocycles. The lowest BCUT2D eigenvalue weighted by Gasteiger charge is -2.32. The fraction of sp³-hybridized carbons (Fsp3) is 1.00. The van der Waals surface area contributed by atoms with Gasteiger partial charge in [0.2, 0.25) is 0 Å². The third-order valence-electron chi connectivity index (χ3n) is 4.44. The van der Waals surface area contributed by atoms with E-state index in [1.807, 2.05) is 0 Å². The molecule has 0 amide bonds. The first-order valence-electron chi connectivity index (χ1n) is 8.26. The van der Waals surface area contributed by atoms with Crippen LogP contribution in [-0.4, -0.2) is 65.1 Å². The first kappa shape index (κ1) is 15.7. The van der Waals surface area contributed by atoms with Crippen LogP contribution in [0.2, 0.25) is 0 Å². The fourth-order valence-electron chi connectivity index (χ4n) is 2.30. The molecule has 0 aromatic heterocycles. The Labute approximate surface area is 127 Å². The predicted octanol–water partition coefficient (Wildman–Crippen LogP) is 1.64. The standard InChI is InChI=1S/C16H28O5/c1-2-16(10-17-5-13-3-4-13,11-18-6-14-8-20-14)12-19-7-15-9-21-15/h13-15H,2-12H2,1H3. The van der Waals surface area contributed by atoms with Crippen LogP contribution >= 0.6 is 0 Å². The molecular formula is C16H28O5. The van der Waals surface area contributed by atoms with Gasteiger partial charge in [-0.1, -0.05) is 6.92 Å². The lowest BCUT2D eigenvalue weighted by molar-refractivity contribution is -0.0761. The smallest absolute Gasteiger partial charge is 0.104 e. The van der Waals surface area contributed by atoms with Gasteiger partial charge in [0, 0.05) is 12.0 Å². The summed E-state index contributed by atoms with van der Waals surface area (Å²) in [6.45, 7) is 8.22. The Morgan fingerprint density at radius 2 is 1.33 bits per heavy atom. The van der Waals surface area contributed by atoms with Crippen LogP contribution in [-0.2, 0) is 23.7 Å². The van der Waals surface area contributed by atoms with Crippen molar-refractivity contribution in [3.05, 3.63) is 0 Å². The minimum absolute atomic E-state index is 0.0430. The van der Waals surface area contributed by atoms with E-state index in [2.05, 4.69) is 6.92 Å². The maximum Gasteiger partial charge on any atom is 0.104 e. The highest BCUT2D eigenvalue weighted by Gasteiger charge is 2.33. The summed E-state index contributed by atoms with van der Waals surface area (Å²) >= 11 is 0. The van der Waals surface area contributed by atoms with Gasteiger partial charge in [0.15, 0.2) is 0 Å². The van der Waals surface area contributed by atoms with E-state index in [9.17, 15) is 0 Å². The van der Waals surface area contributed by atoms with Crippen LogP contribution in [0.1, 0.15) is 26.2 Å². The van der Waals surface area contributed by atoms with Crippen molar-refractivity contribution in [1.29, 1.82) is 0 Å². The Balaban J connectivity index is 1.41. The quantitative estimate of drug-likeness (QED) is 0.484. The van der Waals surface area contributed by atoms with Gasteiger partial charge in [0.1, 0.15) is 12.2 Å². The average Bonchev–Trinajstić information content (AvgIpc) is 3.34. The van der Waals surface area contributed by atoms with Crippen molar-refractivity contribution in [3.63, 3.8) is 0 Å². The van der Waals surface area contributed by atoms with Gasteiger partial charge in [-0.05, 0) is 25.2 Å². The molecule has 21 heavy (non-hydrogen) atoms. The second kappa shape index (κ2) is 7.38. The van der Waals surface area contributed by atoms with Gasteiger partial charge in [0.25, 0.3) is 0 Å². The summed E-state index contributed by atoms with van der Waals surface area (Å²) < 4.78 is 28.0. The van der Waals surface area contributed by atoms with Crippen LogP contribution < -0.4 is 0 Å². The molecule has 1 saturated carbocycles. The van der Waals surface area contributed by atoms with Gasteiger partial charge in [-0.3, -0.25) is 0 Å². The number of hydrogen-bond donors (Lipinski definition) is 0. The number of hydrogen-bond acceptors (Lipinski definition) is 5. The second-order valence-corrected chi connectivity index (χ2v) is 6.75. The van der Waals surface area contributed by atoms with Crippen molar-refractivity contribution in [2.24, 2.45) is 11.3 Å². The lowest BCUT2D eigenvalue weighted by Crippen LogP contribution is -2.38. The van der Waals surface area contributed by atoms with Crippen LogP contribution in [0.5, 0.6) is 0 Å². The highest BCUT2D eigenvalue weighted by molar-refractivity contribution is 4.81. The Hall–Kier alpha value is -0.200. The molecule has 5 nitrogen and oxygen atoms in total. The van der Waals surface area contributed by atoms with Crippen molar-refractivity contribution in [1.82, 2.24) is 0 Å². The average molecular weight is 300 g/mol. The maximum absolute atomic E-state index is 5.94. The number of ether oxygens (including phenoxy) is 5. The molecule has 0 N–H and O–H groups in total. The second-order valence-electron chi connectivity index (χ2n) is 6.75. The van der Waals surface area contributed by atoms with Gasteiger partial charge in [-0.15, -0.1) is 0 Å². The number of epoxide rings is 2. The van der Waals surface area contributed by atoms with E-state index in [1.165, 1.54) is 12.8 Å². The predicted molar refractivity (Wildman–Crippen MR) is 77.4 cm³/mol. The van der Waals surface area contributed by atoms with E-state index in [0.717, 1.165) is 38.8 Å². The van der Waals surface area contributed by atoms with Crippen molar-refractivity contribution in [3.8, 4) is 0 Å².